The standard InChI is InChI=1S/C15H13N3O/c1-18(14-4-2-3-13(17)9-14)15(19)12-7-5-11(10-16)6-8-12/h2-9H,17H2,1H3. The fourth-order valence-electron chi connectivity index (χ4n) is 1.73. The first-order valence-corrected chi connectivity index (χ1v) is 5.75. The highest BCUT2D eigenvalue weighted by molar-refractivity contribution is 6.05. The van der Waals surface area contributed by atoms with E-state index < -0.39 is 0 Å². The largest absolute Gasteiger partial charge is 0.399 e. The molecule has 2 aromatic rings. The van der Waals surface area contributed by atoms with Crippen LogP contribution in [0.1, 0.15) is 15.9 Å². The summed E-state index contributed by atoms with van der Waals surface area (Å²) in [7, 11) is 1.69. The van der Waals surface area contributed by atoms with Gasteiger partial charge in [0.1, 0.15) is 0 Å². The summed E-state index contributed by atoms with van der Waals surface area (Å²) in [6.45, 7) is 0. The molecule has 4 nitrogen and oxygen atoms in total. The maximum atomic E-state index is 12.3. The van der Waals surface area contributed by atoms with Gasteiger partial charge in [0, 0.05) is 24.0 Å². The quantitative estimate of drug-likeness (QED) is 0.833. The van der Waals surface area contributed by atoms with Crippen molar-refractivity contribution in [3.63, 3.8) is 0 Å². The van der Waals surface area contributed by atoms with Gasteiger partial charge in [0.2, 0.25) is 0 Å². The van der Waals surface area contributed by atoms with Crippen LogP contribution in [0.3, 0.4) is 0 Å². The van der Waals surface area contributed by atoms with Gasteiger partial charge in [-0.05, 0) is 42.5 Å². The number of amides is 1. The first-order valence-electron chi connectivity index (χ1n) is 5.75. The summed E-state index contributed by atoms with van der Waals surface area (Å²) in [6.07, 6.45) is 0. The van der Waals surface area contributed by atoms with E-state index in [0.29, 0.717) is 16.8 Å². The summed E-state index contributed by atoms with van der Waals surface area (Å²) in [6, 6.07) is 15.7. The SMILES string of the molecule is CN(C(=O)c1ccc(C#N)cc1)c1cccc(N)c1. The number of benzene rings is 2. The highest BCUT2D eigenvalue weighted by atomic mass is 16.2. The summed E-state index contributed by atoms with van der Waals surface area (Å²) in [5, 5.41) is 8.73. The lowest BCUT2D eigenvalue weighted by molar-refractivity contribution is 0.0993. The minimum Gasteiger partial charge on any atom is -0.399 e. The second-order valence-electron chi connectivity index (χ2n) is 4.15. The Kier molecular flexibility index (Phi) is 3.48. The van der Waals surface area contributed by atoms with E-state index in [1.807, 2.05) is 12.1 Å². The maximum Gasteiger partial charge on any atom is 0.258 e. The third-order valence-corrected chi connectivity index (χ3v) is 2.82. The molecule has 2 N–H and O–H groups in total. The molecule has 0 saturated heterocycles. The van der Waals surface area contributed by atoms with Crippen LogP contribution in [-0.4, -0.2) is 13.0 Å². The van der Waals surface area contributed by atoms with Gasteiger partial charge in [-0.2, -0.15) is 5.26 Å². The van der Waals surface area contributed by atoms with Crippen molar-refractivity contribution in [2.45, 2.75) is 0 Å². The zero-order valence-electron chi connectivity index (χ0n) is 10.5. The van der Waals surface area contributed by atoms with Crippen molar-refractivity contribution in [1.29, 1.82) is 5.26 Å². The van der Waals surface area contributed by atoms with E-state index in [2.05, 4.69) is 0 Å². The lowest BCUT2D eigenvalue weighted by atomic mass is 10.1. The number of nitriles is 1. The number of nitrogens with zero attached hydrogens (tertiary/aromatic N) is 2. The second-order valence-corrected chi connectivity index (χ2v) is 4.15. The first-order chi connectivity index (χ1) is 9.11. The number of carbonyl (C=O) groups is 1. The number of nitrogens with two attached hydrogens (primary N) is 1. The van der Waals surface area contributed by atoms with E-state index in [-0.39, 0.29) is 5.91 Å². The predicted octanol–water partition coefficient (Wildman–Crippen LogP) is 2.42. The molecule has 0 heterocycles. The van der Waals surface area contributed by atoms with Crippen molar-refractivity contribution in [3.8, 4) is 6.07 Å². The number of carbonyl (C=O) groups excluding carboxylic acids is 1. The summed E-state index contributed by atoms with van der Waals surface area (Å²) >= 11 is 0. The molecule has 0 bridgehead atoms. The molecule has 0 atom stereocenters. The molecule has 0 aliphatic carbocycles. The molecule has 4 heteroatoms. The van der Waals surface area contributed by atoms with Crippen LogP contribution in [0.15, 0.2) is 48.5 Å². The Balaban J connectivity index is 2.26. The highest BCUT2D eigenvalue weighted by Crippen LogP contribution is 2.18. The third kappa shape index (κ3) is 2.72. The molecule has 0 fully saturated rings. The van der Waals surface area contributed by atoms with Crippen LogP contribution in [0.25, 0.3) is 0 Å². The van der Waals surface area contributed by atoms with Gasteiger partial charge in [-0.25, -0.2) is 0 Å². The van der Waals surface area contributed by atoms with Crippen LogP contribution in [0.2, 0.25) is 0 Å². The van der Waals surface area contributed by atoms with Gasteiger partial charge in [0.15, 0.2) is 0 Å². The van der Waals surface area contributed by atoms with E-state index in [1.54, 1.807) is 49.5 Å². The van der Waals surface area contributed by atoms with E-state index in [0.717, 1.165) is 5.69 Å². The monoisotopic (exact) mass is 251 g/mol. The van der Waals surface area contributed by atoms with Gasteiger partial charge in [0.25, 0.3) is 5.91 Å². The second kappa shape index (κ2) is 5.23. The number of anilines is 2. The summed E-state index contributed by atoms with van der Waals surface area (Å²) in [5.74, 6) is -0.143. The maximum absolute atomic E-state index is 12.3. The number of hydrogen-bond donors (Lipinski definition) is 1. The zero-order chi connectivity index (χ0) is 13.8. The molecular weight excluding hydrogens is 238 g/mol. The fraction of sp³-hybridized carbons (Fsp3) is 0.0667. The molecule has 0 aromatic heterocycles. The molecule has 2 aromatic carbocycles. The molecule has 0 aliphatic heterocycles. The van der Waals surface area contributed by atoms with E-state index in [1.165, 1.54) is 4.90 Å². The normalized spacial score (nSPS) is 9.68. The molecule has 0 unspecified atom stereocenters. The topological polar surface area (TPSA) is 70.1 Å². The van der Waals surface area contributed by atoms with Crippen LogP contribution in [-0.2, 0) is 0 Å². The molecular formula is C15H13N3O. The van der Waals surface area contributed by atoms with Crippen molar-refractivity contribution < 1.29 is 4.79 Å². The van der Waals surface area contributed by atoms with Crippen LogP contribution in [0.4, 0.5) is 11.4 Å². The Morgan fingerprint density at radius 3 is 2.47 bits per heavy atom. The molecule has 0 aliphatic rings. The lowest BCUT2D eigenvalue weighted by Crippen LogP contribution is -2.26. The van der Waals surface area contributed by atoms with Crippen molar-refractivity contribution >= 4 is 17.3 Å². The van der Waals surface area contributed by atoms with Crippen molar-refractivity contribution in [3.05, 3.63) is 59.7 Å². The Bertz CT molecular complexity index is 641. The van der Waals surface area contributed by atoms with E-state index in [9.17, 15) is 4.79 Å². The number of nitrogen functional groups attached to an aromatic ring is 1. The Hall–Kier alpha value is -2.80. The Labute approximate surface area is 111 Å². The summed E-state index contributed by atoms with van der Waals surface area (Å²) < 4.78 is 0. The van der Waals surface area contributed by atoms with Crippen LogP contribution >= 0.6 is 0 Å². The minimum absolute atomic E-state index is 0.143. The summed E-state index contributed by atoms with van der Waals surface area (Å²) in [4.78, 5) is 13.8. The number of hydrogen-bond acceptors (Lipinski definition) is 3. The van der Waals surface area contributed by atoms with Crippen LogP contribution < -0.4 is 10.6 Å². The summed E-state index contributed by atoms with van der Waals surface area (Å²) in [5.41, 5.74) is 8.10. The van der Waals surface area contributed by atoms with E-state index >= 15 is 0 Å². The Morgan fingerprint density at radius 2 is 1.89 bits per heavy atom. The van der Waals surface area contributed by atoms with Gasteiger partial charge < -0.3 is 10.6 Å². The molecule has 19 heavy (non-hydrogen) atoms. The molecule has 0 saturated carbocycles. The molecule has 1 amide bonds. The Morgan fingerprint density at radius 1 is 1.21 bits per heavy atom. The van der Waals surface area contributed by atoms with Crippen molar-refractivity contribution in [1.82, 2.24) is 0 Å². The zero-order valence-corrected chi connectivity index (χ0v) is 10.5. The van der Waals surface area contributed by atoms with Gasteiger partial charge in [0.05, 0.1) is 11.6 Å². The number of rotatable bonds is 2. The van der Waals surface area contributed by atoms with Gasteiger partial charge in [-0.1, -0.05) is 6.07 Å². The molecule has 2 rings (SSSR count). The predicted molar refractivity (Wildman–Crippen MR) is 74.7 cm³/mol. The van der Waals surface area contributed by atoms with Crippen LogP contribution in [0.5, 0.6) is 0 Å². The average molecular weight is 251 g/mol. The van der Waals surface area contributed by atoms with Crippen LogP contribution in [0, 0.1) is 11.3 Å². The van der Waals surface area contributed by atoms with Gasteiger partial charge in [-0.15, -0.1) is 0 Å². The minimum atomic E-state index is -0.143. The molecule has 94 valence electrons. The third-order valence-electron chi connectivity index (χ3n) is 2.82. The lowest BCUT2D eigenvalue weighted by Gasteiger charge is -2.17. The average Bonchev–Trinajstić information content (AvgIpc) is 2.46. The molecule has 0 spiro atoms. The smallest absolute Gasteiger partial charge is 0.258 e. The van der Waals surface area contributed by atoms with E-state index in [4.69, 9.17) is 11.0 Å². The molecule has 0 radical (unpaired) electrons. The van der Waals surface area contributed by atoms with Gasteiger partial charge >= 0.3 is 0 Å². The van der Waals surface area contributed by atoms with Gasteiger partial charge in [-0.3, -0.25) is 4.79 Å². The highest BCUT2D eigenvalue weighted by Gasteiger charge is 2.13. The van der Waals surface area contributed by atoms with Crippen molar-refractivity contribution in [2.24, 2.45) is 0 Å². The first kappa shape index (κ1) is 12.7. The van der Waals surface area contributed by atoms with Crippen molar-refractivity contribution in [2.75, 3.05) is 17.7 Å². The fourth-order valence-corrected chi connectivity index (χ4v) is 1.73.